The molecule has 0 unspecified atom stereocenters. The van der Waals surface area contributed by atoms with E-state index in [2.05, 4.69) is 40.3 Å². The SMILES string of the molecule is C=C(C)[C@H]1CC(=O)[C@]2(C)CC=C(C)CC[C@@H]3O[C@@]3(C)CC[C@@H]12. The third-order valence-electron chi connectivity index (χ3n) is 6.64. The highest BCUT2D eigenvalue weighted by Crippen LogP contribution is 2.54. The Kier molecular flexibility index (Phi) is 3.87. The zero-order chi connectivity index (χ0) is 16.1. The number of Topliss-reactive ketones (excluding diaryl/α,β-unsaturated/α-hetero) is 1. The van der Waals surface area contributed by atoms with Gasteiger partial charge in [0.25, 0.3) is 0 Å². The number of fused-ring (bicyclic) bond motifs is 2. The van der Waals surface area contributed by atoms with E-state index in [1.54, 1.807) is 0 Å². The quantitative estimate of drug-likeness (QED) is 0.512. The molecule has 5 atom stereocenters. The van der Waals surface area contributed by atoms with Crippen LogP contribution in [0.4, 0.5) is 0 Å². The Morgan fingerprint density at radius 2 is 2.09 bits per heavy atom. The molecular formula is C20H30O2. The summed E-state index contributed by atoms with van der Waals surface area (Å²) in [6.07, 6.45) is 8.70. The van der Waals surface area contributed by atoms with Gasteiger partial charge in [-0.25, -0.2) is 0 Å². The van der Waals surface area contributed by atoms with E-state index in [4.69, 9.17) is 4.74 Å². The molecule has 2 heteroatoms. The molecule has 0 N–H and O–H groups in total. The topological polar surface area (TPSA) is 29.6 Å². The molecule has 1 heterocycles. The second-order valence-electron chi connectivity index (χ2n) is 8.36. The molecule has 2 nitrogen and oxygen atoms in total. The Bertz CT molecular complexity index is 532. The van der Waals surface area contributed by atoms with Crippen molar-refractivity contribution in [3.63, 3.8) is 0 Å². The minimum absolute atomic E-state index is 0.0524. The van der Waals surface area contributed by atoms with Crippen molar-refractivity contribution in [2.45, 2.75) is 77.9 Å². The lowest BCUT2D eigenvalue weighted by Gasteiger charge is -2.33. The first-order chi connectivity index (χ1) is 10.3. The molecule has 0 spiro atoms. The van der Waals surface area contributed by atoms with Crippen LogP contribution in [0.1, 0.15) is 66.2 Å². The molecule has 2 fully saturated rings. The van der Waals surface area contributed by atoms with Gasteiger partial charge in [-0.15, -0.1) is 0 Å². The molecule has 2 aliphatic carbocycles. The summed E-state index contributed by atoms with van der Waals surface area (Å²) < 4.78 is 5.99. The number of rotatable bonds is 1. The Morgan fingerprint density at radius 3 is 2.77 bits per heavy atom. The van der Waals surface area contributed by atoms with E-state index in [-0.39, 0.29) is 11.0 Å². The second kappa shape index (κ2) is 5.33. The van der Waals surface area contributed by atoms with Crippen LogP contribution >= 0.6 is 0 Å². The van der Waals surface area contributed by atoms with Gasteiger partial charge in [-0.3, -0.25) is 4.79 Å². The highest BCUT2D eigenvalue weighted by molar-refractivity contribution is 5.88. The van der Waals surface area contributed by atoms with E-state index in [1.807, 2.05) is 0 Å². The van der Waals surface area contributed by atoms with Crippen LogP contribution in [0, 0.1) is 17.3 Å². The third-order valence-corrected chi connectivity index (χ3v) is 6.64. The van der Waals surface area contributed by atoms with Crippen LogP contribution < -0.4 is 0 Å². The van der Waals surface area contributed by atoms with Gasteiger partial charge in [0.15, 0.2) is 0 Å². The first-order valence-corrected chi connectivity index (χ1v) is 8.78. The smallest absolute Gasteiger partial charge is 0.139 e. The molecular weight excluding hydrogens is 272 g/mol. The van der Waals surface area contributed by atoms with E-state index in [0.717, 1.165) is 32.1 Å². The van der Waals surface area contributed by atoms with Crippen molar-refractivity contribution in [3.05, 3.63) is 23.8 Å². The summed E-state index contributed by atoms with van der Waals surface area (Å²) in [5, 5.41) is 0. The minimum atomic E-state index is -0.212. The van der Waals surface area contributed by atoms with Crippen LogP contribution in [0.25, 0.3) is 0 Å². The van der Waals surface area contributed by atoms with Crippen LogP contribution in [0.2, 0.25) is 0 Å². The van der Waals surface area contributed by atoms with E-state index < -0.39 is 0 Å². The van der Waals surface area contributed by atoms with Crippen molar-refractivity contribution in [2.75, 3.05) is 0 Å². The van der Waals surface area contributed by atoms with Crippen LogP contribution in [0.15, 0.2) is 23.8 Å². The summed E-state index contributed by atoms with van der Waals surface area (Å²) in [5.74, 6) is 1.21. The lowest BCUT2D eigenvalue weighted by Crippen LogP contribution is -2.31. The molecule has 1 saturated carbocycles. The van der Waals surface area contributed by atoms with Gasteiger partial charge in [0, 0.05) is 11.8 Å². The van der Waals surface area contributed by atoms with Crippen LogP contribution in [-0.4, -0.2) is 17.5 Å². The van der Waals surface area contributed by atoms with Gasteiger partial charge < -0.3 is 4.74 Å². The fourth-order valence-electron chi connectivity index (χ4n) is 4.69. The zero-order valence-corrected chi connectivity index (χ0v) is 14.6. The maximum absolute atomic E-state index is 12.8. The van der Waals surface area contributed by atoms with Gasteiger partial charge in [-0.2, -0.15) is 0 Å². The summed E-state index contributed by atoms with van der Waals surface area (Å²) in [6.45, 7) is 12.9. The Hall–Kier alpha value is -0.890. The predicted molar refractivity (Wildman–Crippen MR) is 89.6 cm³/mol. The predicted octanol–water partition coefficient (Wildman–Crippen LogP) is 4.84. The van der Waals surface area contributed by atoms with E-state index in [1.165, 1.54) is 11.1 Å². The lowest BCUT2D eigenvalue weighted by atomic mass is 9.70. The van der Waals surface area contributed by atoms with Crippen LogP contribution in [0.5, 0.6) is 0 Å². The zero-order valence-electron chi connectivity index (χ0n) is 14.6. The number of hydrogen-bond donors (Lipinski definition) is 0. The molecule has 3 rings (SSSR count). The van der Waals surface area contributed by atoms with Crippen molar-refractivity contribution in [1.29, 1.82) is 0 Å². The Morgan fingerprint density at radius 1 is 1.36 bits per heavy atom. The minimum Gasteiger partial charge on any atom is -0.366 e. The van der Waals surface area contributed by atoms with Crippen molar-refractivity contribution in [1.82, 2.24) is 0 Å². The van der Waals surface area contributed by atoms with Crippen molar-refractivity contribution < 1.29 is 9.53 Å². The van der Waals surface area contributed by atoms with E-state index >= 15 is 0 Å². The van der Waals surface area contributed by atoms with Crippen LogP contribution in [-0.2, 0) is 9.53 Å². The normalized spacial score (nSPS) is 45.4. The standard InChI is InChI=1S/C20H30O2/c1-13(2)15-12-17(21)19(4)10-8-14(3)6-7-18-20(5,22-18)11-9-16(15)19/h8,15-16,18H,1,6-7,9-12H2,2-5H3/t15-,16+,18+,19-,20+/m1/s1. The molecule has 3 aliphatic rings. The average molecular weight is 302 g/mol. The summed E-state index contributed by atoms with van der Waals surface area (Å²) in [7, 11) is 0. The number of ether oxygens (including phenoxy) is 1. The van der Waals surface area contributed by atoms with Crippen molar-refractivity contribution in [2.24, 2.45) is 17.3 Å². The number of epoxide rings is 1. The van der Waals surface area contributed by atoms with Crippen molar-refractivity contribution >= 4 is 5.78 Å². The summed E-state index contributed by atoms with van der Waals surface area (Å²) in [5.41, 5.74) is 2.43. The molecule has 0 amide bonds. The molecule has 0 aromatic heterocycles. The number of allylic oxidation sites excluding steroid dienone is 3. The van der Waals surface area contributed by atoms with Gasteiger partial charge in [-0.05, 0) is 64.7 Å². The second-order valence-corrected chi connectivity index (χ2v) is 8.36. The number of carbonyl (C=O) groups is 1. The summed E-state index contributed by atoms with van der Waals surface area (Å²) in [6, 6.07) is 0. The van der Waals surface area contributed by atoms with Gasteiger partial charge in [0.1, 0.15) is 5.78 Å². The highest BCUT2D eigenvalue weighted by atomic mass is 16.6. The first kappa shape index (κ1) is 16.0. The van der Waals surface area contributed by atoms with Gasteiger partial charge >= 0.3 is 0 Å². The molecule has 22 heavy (non-hydrogen) atoms. The summed E-state index contributed by atoms with van der Waals surface area (Å²) in [4.78, 5) is 12.8. The number of hydrogen-bond acceptors (Lipinski definition) is 2. The molecule has 0 radical (unpaired) electrons. The van der Waals surface area contributed by atoms with E-state index in [0.29, 0.717) is 30.1 Å². The first-order valence-electron chi connectivity index (χ1n) is 8.78. The maximum atomic E-state index is 12.8. The highest BCUT2D eigenvalue weighted by Gasteiger charge is 2.55. The Labute approximate surface area is 135 Å². The molecule has 0 bridgehead atoms. The number of ketones is 1. The molecule has 1 saturated heterocycles. The number of carbonyl (C=O) groups excluding carboxylic acids is 1. The molecule has 122 valence electrons. The molecule has 1 aliphatic heterocycles. The van der Waals surface area contributed by atoms with Crippen LogP contribution in [0.3, 0.4) is 0 Å². The average Bonchev–Trinajstić information content (AvgIpc) is 3.03. The summed E-state index contributed by atoms with van der Waals surface area (Å²) >= 11 is 0. The van der Waals surface area contributed by atoms with Gasteiger partial charge in [0.2, 0.25) is 0 Å². The van der Waals surface area contributed by atoms with Gasteiger partial charge in [0.05, 0.1) is 11.7 Å². The largest absolute Gasteiger partial charge is 0.366 e. The molecule has 0 aromatic rings. The van der Waals surface area contributed by atoms with Gasteiger partial charge in [-0.1, -0.05) is 30.7 Å². The van der Waals surface area contributed by atoms with E-state index in [9.17, 15) is 4.79 Å². The molecule has 0 aromatic carbocycles. The van der Waals surface area contributed by atoms with Crippen molar-refractivity contribution in [3.8, 4) is 0 Å². The fraction of sp³-hybridized carbons (Fsp3) is 0.750. The monoisotopic (exact) mass is 302 g/mol. The fourth-order valence-corrected chi connectivity index (χ4v) is 4.69. The Balaban J connectivity index is 1.92. The third kappa shape index (κ3) is 2.60. The lowest BCUT2D eigenvalue weighted by molar-refractivity contribution is -0.126. The maximum Gasteiger partial charge on any atom is 0.139 e.